The molecule has 0 amide bonds. The lowest BCUT2D eigenvalue weighted by Crippen LogP contribution is -2.40. The minimum absolute atomic E-state index is 0.296. The van der Waals surface area contributed by atoms with Crippen LogP contribution in [-0.2, 0) is 0 Å². The maximum Gasteiger partial charge on any atom is 0.133 e. The molecule has 110 valence electrons. The Hall–Kier alpha value is -1.63. The summed E-state index contributed by atoms with van der Waals surface area (Å²) in [6, 6.07) is 4.41. The van der Waals surface area contributed by atoms with Crippen molar-refractivity contribution < 1.29 is 0 Å². The first-order valence-corrected chi connectivity index (χ1v) is 7.63. The first-order chi connectivity index (χ1) is 9.47. The number of nitriles is 1. The highest BCUT2D eigenvalue weighted by Gasteiger charge is 2.27. The second-order valence-electron chi connectivity index (χ2n) is 6.40. The van der Waals surface area contributed by atoms with E-state index in [-0.39, 0.29) is 0 Å². The zero-order chi connectivity index (χ0) is 14.9. The molecule has 1 aromatic rings. The molecule has 4 nitrogen and oxygen atoms in total. The summed E-state index contributed by atoms with van der Waals surface area (Å²) in [6.07, 6.45) is 2.26. The number of anilines is 2. The van der Waals surface area contributed by atoms with Crippen LogP contribution in [0.5, 0.6) is 0 Å². The predicted molar refractivity (Wildman–Crippen MR) is 83.7 cm³/mol. The van der Waals surface area contributed by atoms with Crippen LogP contribution in [0.25, 0.3) is 0 Å². The number of aromatic nitrogens is 1. The highest BCUT2D eigenvalue weighted by atomic mass is 15.3. The predicted octanol–water partition coefficient (Wildman–Crippen LogP) is 3.40. The van der Waals surface area contributed by atoms with Gasteiger partial charge in [-0.3, -0.25) is 0 Å². The molecule has 0 aliphatic carbocycles. The lowest BCUT2D eigenvalue weighted by atomic mass is 9.92. The van der Waals surface area contributed by atoms with Crippen LogP contribution in [0.3, 0.4) is 0 Å². The molecule has 0 radical (unpaired) electrons. The number of nitrogens with two attached hydrogens (primary N) is 1. The fourth-order valence-corrected chi connectivity index (χ4v) is 3.42. The van der Waals surface area contributed by atoms with Gasteiger partial charge in [-0.1, -0.05) is 20.8 Å². The van der Waals surface area contributed by atoms with Gasteiger partial charge in [0, 0.05) is 19.1 Å². The van der Waals surface area contributed by atoms with Crippen molar-refractivity contribution in [3.05, 3.63) is 11.8 Å². The molecule has 20 heavy (non-hydrogen) atoms. The Morgan fingerprint density at radius 2 is 2.00 bits per heavy atom. The number of hydrogen-bond donors (Lipinski definition) is 1. The van der Waals surface area contributed by atoms with Gasteiger partial charge < -0.3 is 15.2 Å². The summed E-state index contributed by atoms with van der Waals surface area (Å²) in [5.41, 5.74) is 7.64. The molecule has 2 N–H and O–H groups in total. The number of piperidine rings is 1. The standard InChI is InChI=1S/C16H26N4/c1-5-13(4)20-14(8-17)7-15(18)16(20)19-9-11(2)6-12(3)10-19/h7,11-13H,5-6,9-10,18H2,1-4H3/t11-,12+,13-/m0/s1. The van der Waals surface area contributed by atoms with E-state index >= 15 is 0 Å². The van der Waals surface area contributed by atoms with Gasteiger partial charge in [0.15, 0.2) is 0 Å². The van der Waals surface area contributed by atoms with Gasteiger partial charge in [0.1, 0.15) is 17.6 Å². The van der Waals surface area contributed by atoms with Crippen molar-refractivity contribution in [1.29, 1.82) is 5.26 Å². The van der Waals surface area contributed by atoms with Crippen LogP contribution in [0.15, 0.2) is 6.07 Å². The molecule has 1 aliphatic rings. The minimum Gasteiger partial charge on any atom is -0.396 e. The normalized spacial score (nSPS) is 24.4. The summed E-state index contributed by atoms with van der Waals surface area (Å²) in [7, 11) is 0. The summed E-state index contributed by atoms with van der Waals surface area (Å²) in [4.78, 5) is 2.38. The molecule has 2 heterocycles. The summed E-state index contributed by atoms with van der Waals surface area (Å²) in [5.74, 6) is 2.39. The Morgan fingerprint density at radius 1 is 1.40 bits per heavy atom. The van der Waals surface area contributed by atoms with Gasteiger partial charge in [0.05, 0.1) is 5.69 Å². The molecule has 3 atom stereocenters. The average molecular weight is 274 g/mol. The van der Waals surface area contributed by atoms with Crippen molar-refractivity contribution in [3.63, 3.8) is 0 Å². The summed E-state index contributed by atoms with van der Waals surface area (Å²) < 4.78 is 2.13. The Morgan fingerprint density at radius 3 is 2.50 bits per heavy atom. The number of rotatable bonds is 3. The average Bonchev–Trinajstić information content (AvgIpc) is 2.73. The smallest absolute Gasteiger partial charge is 0.133 e. The maximum atomic E-state index is 9.36. The zero-order valence-electron chi connectivity index (χ0n) is 13.1. The lowest BCUT2D eigenvalue weighted by Gasteiger charge is -2.38. The SMILES string of the molecule is CC[C@H](C)n1c(C#N)cc(N)c1N1C[C@H](C)C[C@H](C)C1. The molecule has 1 aliphatic heterocycles. The summed E-state index contributed by atoms with van der Waals surface area (Å²) in [5, 5.41) is 9.36. The van der Waals surface area contributed by atoms with Crippen molar-refractivity contribution in [3.8, 4) is 6.07 Å². The van der Waals surface area contributed by atoms with Crippen molar-refractivity contribution >= 4 is 11.5 Å². The topological polar surface area (TPSA) is 58.0 Å². The molecule has 1 fully saturated rings. The number of nitrogens with zero attached hydrogens (tertiary/aromatic N) is 3. The zero-order valence-corrected chi connectivity index (χ0v) is 13.1. The van der Waals surface area contributed by atoms with Gasteiger partial charge in [-0.05, 0) is 37.7 Å². The van der Waals surface area contributed by atoms with E-state index in [0.717, 1.165) is 31.0 Å². The highest BCUT2D eigenvalue weighted by Crippen LogP contribution is 2.35. The van der Waals surface area contributed by atoms with Gasteiger partial charge in [0.25, 0.3) is 0 Å². The quantitative estimate of drug-likeness (QED) is 0.919. The Labute approximate surface area is 122 Å². The van der Waals surface area contributed by atoms with E-state index in [9.17, 15) is 5.26 Å². The van der Waals surface area contributed by atoms with Crippen LogP contribution >= 0.6 is 0 Å². The highest BCUT2D eigenvalue weighted by molar-refractivity contribution is 5.68. The van der Waals surface area contributed by atoms with Gasteiger partial charge in [-0.25, -0.2) is 0 Å². The fourth-order valence-electron chi connectivity index (χ4n) is 3.42. The van der Waals surface area contributed by atoms with Crippen LogP contribution in [0.2, 0.25) is 0 Å². The van der Waals surface area contributed by atoms with Crippen LogP contribution in [0, 0.1) is 23.2 Å². The molecule has 4 heteroatoms. The summed E-state index contributed by atoms with van der Waals surface area (Å²) in [6.45, 7) is 10.9. The molecule has 2 rings (SSSR count). The van der Waals surface area contributed by atoms with Gasteiger partial charge in [-0.2, -0.15) is 5.26 Å². The Bertz CT molecular complexity index is 501. The van der Waals surface area contributed by atoms with E-state index in [2.05, 4.69) is 43.2 Å². The molecule has 1 saturated heterocycles. The molecule has 0 unspecified atom stereocenters. The van der Waals surface area contributed by atoms with Crippen molar-refractivity contribution in [2.75, 3.05) is 23.7 Å². The van der Waals surface area contributed by atoms with Gasteiger partial charge >= 0.3 is 0 Å². The maximum absolute atomic E-state index is 9.36. The second-order valence-corrected chi connectivity index (χ2v) is 6.40. The van der Waals surface area contributed by atoms with E-state index in [1.54, 1.807) is 0 Å². The summed E-state index contributed by atoms with van der Waals surface area (Å²) >= 11 is 0. The monoisotopic (exact) mass is 274 g/mol. The van der Waals surface area contributed by atoms with Gasteiger partial charge in [0.2, 0.25) is 0 Å². The molecule has 0 spiro atoms. The Balaban J connectivity index is 2.45. The van der Waals surface area contributed by atoms with Crippen LogP contribution in [0.4, 0.5) is 11.5 Å². The first kappa shape index (κ1) is 14.8. The van der Waals surface area contributed by atoms with Crippen molar-refractivity contribution in [1.82, 2.24) is 4.57 Å². The lowest BCUT2D eigenvalue weighted by molar-refractivity contribution is 0.351. The van der Waals surface area contributed by atoms with E-state index in [1.807, 2.05) is 6.07 Å². The number of nitrogen functional groups attached to an aromatic ring is 1. The van der Waals surface area contributed by atoms with E-state index in [0.29, 0.717) is 23.6 Å². The van der Waals surface area contributed by atoms with E-state index in [4.69, 9.17) is 5.73 Å². The largest absolute Gasteiger partial charge is 0.396 e. The Kier molecular flexibility index (Phi) is 4.27. The van der Waals surface area contributed by atoms with Crippen molar-refractivity contribution in [2.45, 2.75) is 46.6 Å². The van der Waals surface area contributed by atoms with E-state index in [1.165, 1.54) is 6.42 Å². The van der Waals surface area contributed by atoms with E-state index < -0.39 is 0 Å². The van der Waals surface area contributed by atoms with Gasteiger partial charge in [-0.15, -0.1) is 0 Å². The second kappa shape index (κ2) is 5.78. The van der Waals surface area contributed by atoms with Crippen molar-refractivity contribution in [2.24, 2.45) is 11.8 Å². The van der Waals surface area contributed by atoms with Crippen LogP contribution < -0.4 is 10.6 Å². The molecule has 1 aromatic heterocycles. The molecular formula is C16H26N4. The first-order valence-electron chi connectivity index (χ1n) is 7.63. The van der Waals surface area contributed by atoms with Crippen LogP contribution in [-0.4, -0.2) is 17.7 Å². The molecule has 0 aromatic carbocycles. The van der Waals surface area contributed by atoms with Crippen LogP contribution in [0.1, 0.15) is 52.3 Å². The third kappa shape index (κ3) is 2.63. The third-order valence-corrected chi connectivity index (χ3v) is 4.35. The number of hydrogen-bond acceptors (Lipinski definition) is 3. The molecule has 0 saturated carbocycles. The fraction of sp³-hybridized carbons (Fsp3) is 0.688. The molecular weight excluding hydrogens is 248 g/mol. The third-order valence-electron chi connectivity index (χ3n) is 4.35. The minimum atomic E-state index is 0.296. The molecule has 0 bridgehead atoms.